The highest BCUT2D eigenvalue weighted by molar-refractivity contribution is 5.95. The lowest BCUT2D eigenvalue weighted by Crippen LogP contribution is -2.37. The van der Waals surface area contributed by atoms with E-state index in [1.54, 1.807) is 12.1 Å². The van der Waals surface area contributed by atoms with E-state index in [-0.39, 0.29) is 24.1 Å². The summed E-state index contributed by atoms with van der Waals surface area (Å²) in [6.07, 6.45) is 0.750. The molecule has 0 aromatic carbocycles. The number of nitrogens with one attached hydrogen (secondary N) is 2. The zero-order valence-corrected chi connectivity index (χ0v) is 10.8. The Bertz CT molecular complexity index is 460. The molecule has 0 aliphatic carbocycles. The van der Waals surface area contributed by atoms with Gasteiger partial charge in [-0.25, -0.2) is 0 Å². The molecule has 19 heavy (non-hydrogen) atoms. The van der Waals surface area contributed by atoms with E-state index in [1.807, 2.05) is 6.92 Å². The van der Waals surface area contributed by atoms with E-state index in [1.165, 1.54) is 4.90 Å². The van der Waals surface area contributed by atoms with Crippen molar-refractivity contribution in [1.82, 2.24) is 20.4 Å². The second-order valence-electron chi connectivity index (χ2n) is 4.26. The van der Waals surface area contributed by atoms with E-state index in [0.29, 0.717) is 18.9 Å². The molecule has 0 bridgehead atoms. The molecule has 7 nitrogen and oxygen atoms in total. The van der Waals surface area contributed by atoms with Gasteiger partial charge in [0.1, 0.15) is 5.82 Å². The number of carbonyl (C=O) groups excluding carboxylic acids is 2. The van der Waals surface area contributed by atoms with Crippen LogP contribution in [0.3, 0.4) is 0 Å². The minimum atomic E-state index is -0.257. The fraction of sp³-hybridized carbons (Fsp3) is 0.500. The number of rotatable bonds is 3. The lowest BCUT2D eigenvalue weighted by Gasteiger charge is -2.18. The Labute approximate surface area is 111 Å². The zero-order chi connectivity index (χ0) is 13.7. The third kappa shape index (κ3) is 3.40. The van der Waals surface area contributed by atoms with Crippen LogP contribution in [0.25, 0.3) is 0 Å². The van der Waals surface area contributed by atoms with E-state index in [9.17, 15) is 9.59 Å². The van der Waals surface area contributed by atoms with Crippen molar-refractivity contribution >= 4 is 17.6 Å². The molecule has 1 aliphatic rings. The van der Waals surface area contributed by atoms with Crippen molar-refractivity contribution in [1.29, 1.82) is 0 Å². The molecular formula is C12H17N5O2. The lowest BCUT2D eigenvalue weighted by atomic mass is 10.3. The van der Waals surface area contributed by atoms with Gasteiger partial charge in [-0.2, -0.15) is 0 Å². The van der Waals surface area contributed by atoms with Crippen LogP contribution in [0.5, 0.6) is 0 Å². The van der Waals surface area contributed by atoms with Crippen LogP contribution in [0, 0.1) is 0 Å². The summed E-state index contributed by atoms with van der Waals surface area (Å²) in [5, 5.41) is 13.5. The van der Waals surface area contributed by atoms with Crippen molar-refractivity contribution in [3.63, 3.8) is 0 Å². The second-order valence-corrected chi connectivity index (χ2v) is 4.26. The van der Waals surface area contributed by atoms with Gasteiger partial charge in [-0.15, -0.1) is 10.2 Å². The summed E-state index contributed by atoms with van der Waals surface area (Å²) < 4.78 is 0. The van der Waals surface area contributed by atoms with Gasteiger partial charge < -0.3 is 15.5 Å². The number of amides is 2. The normalized spacial score (nSPS) is 15.6. The third-order valence-electron chi connectivity index (χ3n) is 2.79. The van der Waals surface area contributed by atoms with E-state index in [2.05, 4.69) is 20.8 Å². The molecule has 0 radical (unpaired) electrons. The number of anilines is 1. The van der Waals surface area contributed by atoms with Crippen LogP contribution in [-0.2, 0) is 4.79 Å². The molecule has 0 spiro atoms. The average molecular weight is 263 g/mol. The van der Waals surface area contributed by atoms with Crippen molar-refractivity contribution in [3.8, 4) is 0 Å². The van der Waals surface area contributed by atoms with Crippen molar-refractivity contribution < 1.29 is 9.59 Å². The molecule has 1 aliphatic heterocycles. The third-order valence-corrected chi connectivity index (χ3v) is 2.79. The van der Waals surface area contributed by atoms with Gasteiger partial charge >= 0.3 is 0 Å². The van der Waals surface area contributed by atoms with E-state index < -0.39 is 0 Å². The van der Waals surface area contributed by atoms with Crippen molar-refractivity contribution in [3.05, 3.63) is 17.8 Å². The summed E-state index contributed by atoms with van der Waals surface area (Å²) in [6.45, 7) is 3.93. The molecule has 0 unspecified atom stereocenters. The van der Waals surface area contributed by atoms with Crippen LogP contribution in [0.2, 0.25) is 0 Å². The molecule has 0 saturated carbocycles. The largest absolute Gasteiger partial charge is 0.369 e. The van der Waals surface area contributed by atoms with E-state index >= 15 is 0 Å². The first kappa shape index (κ1) is 13.3. The Morgan fingerprint density at radius 2 is 2.32 bits per heavy atom. The average Bonchev–Trinajstić information content (AvgIpc) is 2.64. The smallest absolute Gasteiger partial charge is 0.274 e. The second kappa shape index (κ2) is 6.12. The van der Waals surface area contributed by atoms with Crippen molar-refractivity contribution in [2.75, 3.05) is 31.5 Å². The Morgan fingerprint density at radius 1 is 1.47 bits per heavy atom. The Kier molecular flexibility index (Phi) is 4.27. The molecule has 0 atom stereocenters. The maximum Gasteiger partial charge on any atom is 0.274 e. The summed E-state index contributed by atoms with van der Waals surface area (Å²) in [5.74, 6) is 0.239. The summed E-state index contributed by atoms with van der Waals surface area (Å²) in [5.41, 5.74) is 0.261. The van der Waals surface area contributed by atoms with Gasteiger partial charge in [0.05, 0.1) is 6.54 Å². The highest BCUT2D eigenvalue weighted by atomic mass is 16.2. The fourth-order valence-corrected chi connectivity index (χ4v) is 1.86. The van der Waals surface area contributed by atoms with Gasteiger partial charge in [0.25, 0.3) is 5.91 Å². The highest BCUT2D eigenvalue weighted by Gasteiger charge is 2.22. The summed E-state index contributed by atoms with van der Waals surface area (Å²) >= 11 is 0. The first-order valence-electron chi connectivity index (χ1n) is 6.34. The van der Waals surface area contributed by atoms with Crippen LogP contribution in [0.4, 0.5) is 5.82 Å². The van der Waals surface area contributed by atoms with E-state index in [0.717, 1.165) is 13.0 Å². The molecular weight excluding hydrogens is 246 g/mol. The van der Waals surface area contributed by atoms with Crippen molar-refractivity contribution in [2.45, 2.75) is 13.3 Å². The van der Waals surface area contributed by atoms with Crippen molar-refractivity contribution in [2.24, 2.45) is 0 Å². The molecule has 2 heterocycles. The summed E-state index contributed by atoms with van der Waals surface area (Å²) in [4.78, 5) is 25.1. The maximum atomic E-state index is 12.2. The minimum absolute atomic E-state index is 0.0788. The molecule has 1 aromatic rings. The molecule has 2 rings (SSSR count). The topological polar surface area (TPSA) is 87.2 Å². The Balaban J connectivity index is 2.07. The fourth-order valence-electron chi connectivity index (χ4n) is 1.86. The summed E-state index contributed by atoms with van der Waals surface area (Å²) in [6, 6.07) is 3.33. The predicted molar refractivity (Wildman–Crippen MR) is 69.7 cm³/mol. The minimum Gasteiger partial charge on any atom is -0.369 e. The Hall–Kier alpha value is -2.18. The van der Waals surface area contributed by atoms with Gasteiger partial charge in [-0.1, -0.05) is 0 Å². The van der Waals surface area contributed by atoms with Gasteiger partial charge in [-0.3, -0.25) is 9.59 Å². The predicted octanol–water partition coefficient (Wildman–Crippen LogP) is -0.130. The van der Waals surface area contributed by atoms with Gasteiger partial charge in [-0.05, 0) is 25.5 Å². The zero-order valence-electron chi connectivity index (χ0n) is 10.8. The van der Waals surface area contributed by atoms with Gasteiger partial charge in [0.15, 0.2) is 5.69 Å². The number of hydrogen-bond acceptors (Lipinski definition) is 5. The Morgan fingerprint density at radius 3 is 3.00 bits per heavy atom. The van der Waals surface area contributed by atoms with Crippen LogP contribution < -0.4 is 10.6 Å². The number of aromatic nitrogens is 2. The molecule has 2 N–H and O–H groups in total. The number of carbonyl (C=O) groups is 2. The van der Waals surface area contributed by atoms with E-state index in [4.69, 9.17) is 0 Å². The van der Waals surface area contributed by atoms with Gasteiger partial charge in [0, 0.05) is 19.6 Å². The monoisotopic (exact) mass is 263 g/mol. The molecule has 102 valence electrons. The molecule has 7 heteroatoms. The lowest BCUT2D eigenvalue weighted by molar-refractivity contribution is -0.121. The highest BCUT2D eigenvalue weighted by Crippen LogP contribution is 2.06. The molecule has 1 aromatic heterocycles. The SMILES string of the molecule is CCNc1ccc(C(=O)N2CCCNC(=O)C2)nn1. The first-order chi connectivity index (χ1) is 9.20. The van der Waals surface area contributed by atoms with Crippen LogP contribution >= 0.6 is 0 Å². The number of hydrogen-bond donors (Lipinski definition) is 2. The first-order valence-corrected chi connectivity index (χ1v) is 6.34. The van der Waals surface area contributed by atoms with Crippen LogP contribution in [0.1, 0.15) is 23.8 Å². The summed E-state index contributed by atoms with van der Waals surface area (Å²) in [7, 11) is 0. The molecule has 2 amide bonds. The molecule has 1 fully saturated rings. The number of nitrogens with zero attached hydrogens (tertiary/aromatic N) is 3. The molecule has 1 saturated heterocycles. The maximum absolute atomic E-state index is 12.2. The van der Waals surface area contributed by atoms with Crippen LogP contribution in [0.15, 0.2) is 12.1 Å². The standard InChI is InChI=1S/C12H17N5O2/c1-2-13-10-5-4-9(15-16-10)12(19)17-7-3-6-14-11(18)8-17/h4-5H,2-3,6-8H2,1H3,(H,13,16)(H,14,18). The van der Waals surface area contributed by atoms with Gasteiger partial charge in [0.2, 0.25) is 5.91 Å². The van der Waals surface area contributed by atoms with Crippen LogP contribution in [-0.4, -0.2) is 53.1 Å². The quantitative estimate of drug-likeness (QED) is 0.793.